The average molecular weight is 407 g/mol. The van der Waals surface area contributed by atoms with Crippen LogP contribution in [0.1, 0.15) is 101 Å². The van der Waals surface area contributed by atoms with Crippen molar-refractivity contribution >= 4 is 17.2 Å². The Morgan fingerprint density at radius 1 is 0.700 bits per heavy atom. The van der Waals surface area contributed by atoms with Gasteiger partial charge in [0.1, 0.15) is 12.2 Å². The summed E-state index contributed by atoms with van der Waals surface area (Å²) in [4.78, 5) is 2.49. The fourth-order valence-corrected chi connectivity index (χ4v) is 4.66. The zero-order valence-electron chi connectivity index (χ0n) is 20.2. The summed E-state index contributed by atoms with van der Waals surface area (Å²) in [5.41, 5.74) is 15.0. The van der Waals surface area contributed by atoms with Crippen molar-refractivity contribution in [2.75, 3.05) is 18.1 Å². The van der Waals surface area contributed by atoms with Crippen LogP contribution in [0.2, 0.25) is 0 Å². The van der Waals surface area contributed by atoms with Crippen LogP contribution in [0.4, 0.5) is 11.4 Å². The third-order valence-electron chi connectivity index (χ3n) is 6.28. The summed E-state index contributed by atoms with van der Waals surface area (Å²) in [6, 6.07) is 13.5. The van der Waals surface area contributed by atoms with Gasteiger partial charge in [-0.15, -0.1) is 0 Å². The summed E-state index contributed by atoms with van der Waals surface area (Å²) in [5.74, 6) is 2.80. The SMILES string of the molecule is CC(C)c1cccc(C(C)C)c1N1CC(N)=[N+](c2c(C(C)C)cccc2C(C)C)C1. The molecule has 0 aliphatic carbocycles. The van der Waals surface area contributed by atoms with E-state index in [0.717, 1.165) is 19.0 Å². The number of hydrogen-bond donors (Lipinski definition) is 1. The van der Waals surface area contributed by atoms with Gasteiger partial charge < -0.3 is 4.90 Å². The summed E-state index contributed by atoms with van der Waals surface area (Å²) in [7, 11) is 0. The third-order valence-corrected chi connectivity index (χ3v) is 6.28. The number of hydrogen-bond acceptors (Lipinski definition) is 2. The van der Waals surface area contributed by atoms with E-state index in [-0.39, 0.29) is 0 Å². The van der Waals surface area contributed by atoms with E-state index in [1.807, 2.05) is 0 Å². The number of para-hydroxylation sites is 2. The molecule has 30 heavy (non-hydrogen) atoms. The molecule has 1 heterocycles. The van der Waals surface area contributed by atoms with Crippen molar-refractivity contribution in [3.63, 3.8) is 0 Å². The number of nitrogens with two attached hydrogens (primary N) is 1. The van der Waals surface area contributed by atoms with Crippen LogP contribution in [0.15, 0.2) is 36.4 Å². The van der Waals surface area contributed by atoms with E-state index in [4.69, 9.17) is 5.73 Å². The molecule has 1 aliphatic rings. The molecule has 0 saturated heterocycles. The van der Waals surface area contributed by atoms with Gasteiger partial charge in [-0.3, -0.25) is 5.73 Å². The molecule has 2 aromatic carbocycles. The number of nitrogens with zero attached hydrogens (tertiary/aromatic N) is 2. The molecule has 0 bridgehead atoms. The van der Waals surface area contributed by atoms with E-state index >= 15 is 0 Å². The lowest BCUT2D eigenvalue weighted by molar-refractivity contribution is -0.432. The highest BCUT2D eigenvalue weighted by molar-refractivity contribution is 5.85. The van der Waals surface area contributed by atoms with Gasteiger partial charge in [-0.05, 0) is 34.8 Å². The molecule has 0 aromatic heterocycles. The van der Waals surface area contributed by atoms with Crippen molar-refractivity contribution in [3.8, 4) is 0 Å². The summed E-state index contributed by atoms with van der Waals surface area (Å²) < 4.78 is 2.37. The Morgan fingerprint density at radius 2 is 1.10 bits per heavy atom. The first-order valence-electron chi connectivity index (χ1n) is 11.5. The maximum atomic E-state index is 6.73. The summed E-state index contributed by atoms with van der Waals surface area (Å²) >= 11 is 0. The second-order valence-electron chi connectivity index (χ2n) is 9.95. The monoisotopic (exact) mass is 406 g/mol. The summed E-state index contributed by atoms with van der Waals surface area (Å²) in [6.07, 6.45) is 0. The normalized spacial score (nSPS) is 14.9. The van der Waals surface area contributed by atoms with Crippen LogP contribution in [0.25, 0.3) is 0 Å². The molecule has 3 nitrogen and oxygen atoms in total. The van der Waals surface area contributed by atoms with E-state index in [9.17, 15) is 0 Å². The lowest BCUT2D eigenvalue weighted by Crippen LogP contribution is -2.28. The highest BCUT2D eigenvalue weighted by Crippen LogP contribution is 2.39. The molecule has 3 heteroatoms. The Labute approximate surface area is 183 Å². The molecule has 2 aromatic rings. The Kier molecular flexibility index (Phi) is 6.59. The highest BCUT2D eigenvalue weighted by Gasteiger charge is 2.33. The van der Waals surface area contributed by atoms with Gasteiger partial charge in [0.2, 0.25) is 0 Å². The molecule has 0 radical (unpaired) electrons. The second kappa shape index (κ2) is 8.83. The topological polar surface area (TPSA) is 32.3 Å². The van der Waals surface area contributed by atoms with Crippen LogP contribution in [-0.4, -0.2) is 23.6 Å². The van der Waals surface area contributed by atoms with Gasteiger partial charge in [-0.1, -0.05) is 91.8 Å². The molecular weight excluding hydrogens is 366 g/mol. The molecular formula is C27H40N3+. The van der Waals surface area contributed by atoms with Gasteiger partial charge in [-0.2, -0.15) is 0 Å². The molecule has 0 unspecified atom stereocenters. The Morgan fingerprint density at radius 3 is 1.50 bits per heavy atom. The second-order valence-corrected chi connectivity index (χ2v) is 9.95. The van der Waals surface area contributed by atoms with E-state index in [1.165, 1.54) is 33.6 Å². The lowest BCUT2D eigenvalue weighted by Gasteiger charge is -2.27. The molecule has 0 saturated carbocycles. The first-order valence-corrected chi connectivity index (χ1v) is 11.5. The fraction of sp³-hybridized carbons (Fsp3) is 0.519. The van der Waals surface area contributed by atoms with Gasteiger partial charge in [0.25, 0.3) is 5.84 Å². The molecule has 0 spiro atoms. The van der Waals surface area contributed by atoms with E-state index in [2.05, 4.69) is 101 Å². The number of benzene rings is 2. The number of rotatable bonds is 6. The molecule has 2 N–H and O–H groups in total. The molecule has 0 amide bonds. The first kappa shape index (κ1) is 22.4. The maximum absolute atomic E-state index is 6.73. The predicted molar refractivity (Wildman–Crippen MR) is 131 cm³/mol. The predicted octanol–water partition coefficient (Wildman–Crippen LogP) is 6.66. The van der Waals surface area contributed by atoms with Crippen LogP contribution < -0.4 is 10.6 Å². The standard InChI is InChI=1S/C27H39N3/c1-17(2)21-11-9-12-22(18(3)4)26(21)29-15-25(28)30(16-29)27-23(19(5)6)13-10-14-24(27)20(7)8/h9-14,17-20,28H,15-16H2,1-8H3/p+1. The minimum Gasteiger partial charge on any atom is -0.323 e. The first-order chi connectivity index (χ1) is 14.1. The van der Waals surface area contributed by atoms with E-state index in [1.54, 1.807) is 0 Å². The lowest BCUT2D eigenvalue weighted by atomic mass is 9.92. The Bertz CT molecular complexity index is 883. The minimum absolute atomic E-state index is 0.453. The van der Waals surface area contributed by atoms with Crippen LogP contribution in [0.3, 0.4) is 0 Å². The van der Waals surface area contributed by atoms with Crippen molar-refractivity contribution < 1.29 is 4.58 Å². The number of amidine groups is 1. The zero-order chi connectivity index (χ0) is 22.2. The maximum Gasteiger partial charge on any atom is 0.269 e. The van der Waals surface area contributed by atoms with Gasteiger partial charge >= 0.3 is 0 Å². The summed E-state index contributed by atoms with van der Waals surface area (Å²) in [6.45, 7) is 19.8. The van der Waals surface area contributed by atoms with E-state index < -0.39 is 0 Å². The fourth-order valence-electron chi connectivity index (χ4n) is 4.66. The zero-order valence-corrected chi connectivity index (χ0v) is 20.2. The third kappa shape index (κ3) is 4.12. The molecule has 0 fully saturated rings. The minimum atomic E-state index is 0.453. The largest absolute Gasteiger partial charge is 0.323 e. The quantitative estimate of drug-likeness (QED) is 0.544. The van der Waals surface area contributed by atoms with Crippen molar-refractivity contribution in [1.82, 2.24) is 0 Å². The van der Waals surface area contributed by atoms with Crippen molar-refractivity contribution in [1.29, 1.82) is 0 Å². The van der Waals surface area contributed by atoms with Crippen molar-refractivity contribution in [3.05, 3.63) is 58.7 Å². The van der Waals surface area contributed by atoms with Crippen LogP contribution in [0, 0.1) is 0 Å². The molecule has 1 aliphatic heterocycles. The highest BCUT2D eigenvalue weighted by atomic mass is 15.3. The van der Waals surface area contributed by atoms with E-state index in [0.29, 0.717) is 23.7 Å². The average Bonchev–Trinajstić information content (AvgIpc) is 3.07. The smallest absolute Gasteiger partial charge is 0.269 e. The van der Waals surface area contributed by atoms with Gasteiger partial charge in [-0.25, -0.2) is 4.58 Å². The molecule has 3 rings (SSSR count). The van der Waals surface area contributed by atoms with Crippen molar-refractivity contribution in [2.45, 2.75) is 79.1 Å². The van der Waals surface area contributed by atoms with Gasteiger partial charge in [0, 0.05) is 16.8 Å². The van der Waals surface area contributed by atoms with Crippen molar-refractivity contribution in [2.24, 2.45) is 5.73 Å². The molecule has 162 valence electrons. The van der Waals surface area contributed by atoms with Crippen LogP contribution in [-0.2, 0) is 0 Å². The van der Waals surface area contributed by atoms with Gasteiger partial charge in [0.15, 0.2) is 6.67 Å². The summed E-state index contributed by atoms with van der Waals surface area (Å²) in [5, 5.41) is 0. The van der Waals surface area contributed by atoms with Gasteiger partial charge in [0.05, 0.1) is 0 Å². The number of anilines is 1. The Balaban J connectivity index is 2.12. The van der Waals surface area contributed by atoms with Crippen LogP contribution in [0.5, 0.6) is 0 Å². The molecule has 0 atom stereocenters. The Hall–Kier alpha value is -2.29. The van der Waals surface area contributed by atoms with Crippen LogP contribution >= 0.6 is 0 Å².